The zero-order valence-corrected chi connectivity index (χ0v) is 13.4. The molecule has 0 bridgehead atoms. The summed E-state index contributed by atoms with van der Waals surface area (Å²) in [5, 5.41) is 3.44. The van der Waals surface area contributed by atoms with Crippen LogP contribution in [0.3, 0.4) is 0 Å². The largest absolute Gasteiger partial charge is 0.383 e. The molecule has 21 heavy (non-hydrogen) atoms. The Morgan fingerprint density at radius 2 is 1.86 bits per heavy atom. The molecule has 0 spiro atoms. The molecule has 1 aromatic carbocycles. The van der Waals surface area contributed by atoms with Gasteiger partial charge in [-0.2, -0.15) is 0 Å². The molecule has 0 aliphatic rings. The van der Waals surface area contributed by atoms with E-state index in [4.69, 9.17) is 21.1 Å². The molecule has 118 valence electrons. The van der Waals surface area contributed by atoms with Gasteiger partial charge in [0, 0.05) is 51.0 Å². The van der Waals surface area contributed by atoms with E-state index in [0.29, 0.717) is 36.9 Å². The Labute approximate surface area is 131 Å². The third-order valence-electron chi connectivity index (χ3n) is 2.99. The molecule has 1 N–H and O–H groups in total. The topological polar surface area (TPSA) is 50.8 Å². The van der Waals surface area contributed by atoms with Gasteiger partial charge in [0.1, 0.15) is 0 Å². The van der Waals surface area contributed by atoms with E-state index in [9.17, 15) is 4.79 Å². The number of nitrogens with zero attached hydrogens (tertiary/aromatic N) is 1. The van der Waals surface area contributed by atoms with E-state index in [0.717, 1.165) is 13.1 Å². The Bertz CT molecular complexity index is 421. The third-order valence-corrected chi connectivity index (χ3v) is 3.22. The Balaban J connectivity index is 2.37. The van der Waals surface area contributed by atoms with E-state index in [2.05, 4.69) is 10.2 Å². The van der Waals surface area contributed by atoms with Crippen LogP contribution in [0.1, 0.15) is 6.42 Å². The van der Waals surface area contributed by atoms with Gasteiger partial charge in [-0.05, 0) is 18.2 Å². The summed E-state index contributed by atoms with van der Waals surface area (Å²) >= 11 is 5.88. The van der Waals surface area contributed by atoms with Crippen molar-refractivity contribution in [3.8, 4) is 0 Å². The highest BCUT2D eigenvalue weighted by molar-refractivity contribution is 6.30. The molecule has 0 aromatic heterocycles. The maximum Gasteiger partial charge on any atom is 0.225 e. The van der Waals surface area contributed by atoms with Crippen molar-refractivity contribution in [1.29, 1.82) is 0 Å². The number of ether oxygens (including phenoxy) is 2. The Hall–Kier alpha value is -1.14. The lowest BCUT2D eigenvalue weighted by Gasteiger charge is -2.21. The number of hydrogen-bond acceptors (Lipinski definition) is 4. The number of hydrogen-bond donors (Lipinski definition) is 1. The second kappa shape index (κ2) is 10.6. The number of nitrogens with one attached hydrogen (secondary N) is 1. The molecule has 0 saturated carbocycles. The van der Waals surface area contributed by atoms with Gasteiger partial charge in [-0.25, -0.2) is 0 Å². The Morgan fingerprint density at radius 3 is 2.43 bits per heavy atom. The number of carbonyl (C=O) groups excluding carboxylic acids is 1. The van der Waals surface area contributed by atoms with Crippen LogP contribution in [0.2, 0.25) is 5.02 Å². The molecule has 6 heteroatoms. The predicted octanol–water partition coefficient (Wildman–Crippen LogP) is 2.26. The lowest BCUT2D eigenvalue weighted by atomic mass is 10.3. The zero-order chi connectivity index (χ0) is 15.5. The second-order valence-corrected chi connectivity index (χ2v) is 5.07. The van der Waals surface area contributed by atoms with Gasteiger partial charge in [-0.3, -0.25) is 9.69 Å². The summed E-state index contributed by atoms with van der Waals surface area (Å²) in [6.07, 6.45) is 0.417. The molecule has 0 heterocycles. The van der Waals surface area contributed by atoms with E-state index in [-0.39, 0.29) is 5.91 Å². The highest BCUT2D eigenvalue weighted by Crippen LogP contribution is 2.14. The molecule has 1 amide bonds. The van der Waals surface area contributed by atoms with E-state index in [1.807, 2.05) is 6.07 Å². The van der Waals surface area contributed by atoms with Crippen LogP contribution in [0.4, 0.5) is 5.69 Å². The van der Waals surface area contributed by atoms with Crippen molar-refractivity contribution in [2.45, 2.75) is 6.42 Å². The fraction of sp³-hybridized carbons (Fsp3) is 0.533. The molecular weight excluding hydrogens is 292 g/mol. The van der Waals surface area contributed by atoms with Crippen molar-refractivity contribution in [1.82, 2.24) is 4.90 Å². The SMILES string of the molecule is COCCN(CCOC)CCC(=O)Nc1cccc(Cl)c1. The highest BCUT2D eigenvalue weighted by atomic mass is 35.5. The molecule has 1 rings (SSSR count). The molecule has 0 radical (unpaired) electrons. The van der Waals surface area contributed by atoms with Crippen LogP contribution in [0, 0.1) is 0 Å². The molecule has 0 fully saturated rings. The first-order chi connectivity index (χ1) is 10.2. The third kappa shape index (κ3) is 8.02. The number of methoxy groups -OCH3 is 2. The minimum absolute atomic E-state index is 0.0305. The van der Waals surface area contributed by atoms with E-state index >= 15 is 0 Å². The number of halogens is 1. The van der Waals surface area contributed by atoms with Crippen LogP contribution in [-0.4, -0.2) is 57.9 Å². The maximum atomic E-state index is 11.9. The van der Waals surface area contributed by atoms with Gasteiger partial charge >= 0.3 is 0 Å². The van der Waals surface area contributed by atoms with Gasteiger partial charge < -0.3 is 14.8 Å². The minimum Gasteiger partial charge on any atom is -0.383 e. The summed E-state index contributed by atoms with van der Waals surface area (Å²) in [5.74, 6) is -0.0305. The first kappa shape index (κ1) is 17.9. The minimum atomic E-state index is -0.0305. The maximum absolute atomic E-state index is 11.9. The molecule has 0 aliphatic heterocycles. The standard InChI is InChI=1S/C15H23ClN2O3/c1-20-10-8-18(9-11-21-2)7-6-15(19)17-14-5-3-4-13(16)12-14/h3-5,12H,6-11H2,1-2H3,(H,17,19). The van der Waals surface area contributed by atoms with Crippen LogP contribution >= 0.6 is 11.6 Å². The van der Waals surface area contributed by atoms with E-state index < -0.39 is 0 Å². The summed E-state index contributed by atoms with van der Waals surface area (Å²) in [6, 6.07) is 7.13. The number of carbonyl (C=O) groups is 1. The lowest BCUT2D eigenvalue weighted by molar-refractivity contribution is -0.116. The quantitative estimate of drug-likeness (QED) is 0.720. The Kier molecular flexibility index (Phi) is 9.01. The van der Waals surface area contributed by atoms with Crippen LogP contribution < -0.4 is 5.32 Å². The summed E-state index contributed by atoms with van der Waals surface area (Å²) in [5.41, 5.74) is 0.716. The predicted molar refractivity (Wildman–Crippen MR) is 84.9 cm³/mol. The van der Waals surface area contributed by atoms with Crippen molar-refractivity contribution in [2.24, 2.45) is 0 Å². The van der Waals surface area contributed by atoms with Gasteiger partial charge in [0.2, 0.25) is 5.91 Å². The summed E-state index contributed by atoms with van der Waals surface area (Å²) in [6.45, 7) is 3.51. The second-order valence-electron chi connectivity index (χ2n) is 4.64. The van der Waals surface area contributed by atoms with Crippen LogP contribution in [0.5, 0.6) is 0 Å². The summed E-state index contributed by atoms with van der Waals surface area (Å²) in [7, 11) is 3.33. The van der Waals surface area contributed by atoms with Crippen molar-refractivity contribution in [3.63, 3.8) is 0 Å². The Morgan fingerprint density at radius 1 is 1.19 bits per heavy atom. The van der Waals surface area contributed by atoms with Crippen LogP contribution in [-0.2, 0) is 14.3 Å². The summed E-state index contributed by atoms with van der Waals surface area (Å²) in [4.78, 5) is 14.1. The van der Waals surface area contributed by atoms with E-state index in [1.165, 1.54) is 0 Å². The van der Waals surface area contributed by atoms with Crippen molar-refractivity contribution < 1.29 is 14.3 Å². The fourth-order valence-electron chi connectivity index (χ4n) is 1.83. The average molecular weight is 315 g/mol. The molecule has 5 nitrogen and oxygen atoms in total. The summed E-state index contributed by atoms with van der Waals surface area (Å²) < 4.78 is 10.1. The monoisotopic (exact) mass is 314 g/mol. The molecule has 0 unspecified atom stereocenters. The van der Waals surface area contributed by atoms with Crippen molar-refractivity contribution in [3.05, 3.63) is 29.3 Å². The number of rotatable bonds is 10. The molecule has 0 saturated heterocycles. The van der Waals surface area contributed by atoms with Gasteiger partial charge in [0.25, 0.3) is 0 Å². The van der Waals surface area contributed by atoms with Crippen LogP contribution in [0.15, 0.2) is 24.3 Å². The molecular formula is C15H23ClN2O3. The molecule has 0 atom stereocenters. The highest BCUT2D eigenvalue weighted by Gasteiger charge is 2.08. The van der Waals surface area contributed by atoms with Crippen molar-refractivity contribution in [2.75, 3.05) is 52.4 Å². The lowest BCUT2D eigenvalue weighted by Crippen LogP contribution is -2.33. The molecule has 1 aromatic rings. The first-order valence-electron chi connectivity index (χ1n) is 6.91. The average Bonchev–Trinajstić information content (AvgIpc) is 2.46. The smallest absolute Gasteiger partial charge is 0.225 e. The zero-order valence-electron chi connectivity index (χ0n) is 12.6. The van der Waals surface area contributed by atoms with E-state index in [1.54, 1.807) is 32.4 Å². The van der Waals surface area contributed by atoms with Crippen LogP contribution in [0.25, 0.3) is 0 Å². The number of amides is 1. The van der Waals surface area contributed by atoms with Gasteiger partial charge in [0.15, 0.2) is 0 Å². The first-order valence-corrected chi connectivity index (χ1v) is 7.29. The molecule has 0 aliphatic carbocycles. The number of anilines is 1. The van der Waals surface area contributed by atoms with Crippen molar-refractivity contribution >= 4 is 23.2 Å². The fourth-order valence-corrected chi connectivity index (χ4v) is 2.02. The number of benzene rings is 1. The normalized spacial score (nSPS) is 10.9. The van der Waals surface area contributed by atoms with Gasteiger partial charge in [-0.15, -0.1) is 0 Å². The van der Waals surface area contributed by atoms with Gasteiger partial charge in [-0.1, -0.05) is 17.7 Å². The van der Waals surface area contributed by atoms with Gasteiger partial charge in [0.05, 0.1) is 13.2 Å².